The number of alkyl halides is 1. The van der Waals surface area contributed by atoms with Gasteiger partial charge >= 0.3 is 0 Å². The van der Waals surface area contributed by atoms with E-state index in [0.29, 0.717) is 17.9 Å². The second kappa shape index (κ2) is 5.39. The fourth-order valence-electron chi connectivity index (χ4n) is 2.36. The fraction of sp³-hybridized carbons (Fsp3) is 0.267. The van der Waals surface area contributed by atoms with Gasteiger partial charge in [-0.05, 0) is 38.1 Å². The molecule has 2 heterocycles. The van der Waals surface area contributed by atoms with E-state index in [1.54, 1.807) is 22.8 Å². The van der Waals surface area contributed by atoms with Gasteiger partial charge in [0.05, 0.1) is 17.4 Å². The molecule has 0 aliphatic heterocycles. The van der Waals surface area contributed by atoms with Crippen molar-refractivity contribution < 1.29 is 8.78 Å². The maximum absolute atomic E-state index is 14.2. The summed E-state index contributed by atoms with van der Waals surface area (Å²) >= 11 is 7.76. The SMILES string of the molecule is Cc1ccc(Cn2c(C(C)Cl)nc3ccc(F)c(F)c32)s1. The number of nitrogens with zero attached hydrogens (tertiary/aromatic N) is 2. The molecule has 2 nitrogen and oxygen atoms in total. The van der Waals surface area contributed by atoms with Crippen molar-refractivity contribution in [3.63, 3.8) is 0 Å². The van der Waals surface area contributed by atoms with Crippen LogP contribution in [-0.4, -0.2) is 9.55 Å². The summed E-state index contributed by atoms with van der Waals surface area (Å²) in [4.78, 5) is 6.56. The summed E-state index contributed by atoms with van der Waals surface area (Å²) in [7, 11) is 0. The molecule has 0 aliphatic rings. The molecule has 0 radical (unpaired) electrons. The van der Waals surface area contributed by atoms with Crippen LogP contribution in [0.25, 0.3) is 11.0 Å². The highest BCUT2D eigenvalue weighted by Gasteiger charge is 2.20. The van der Waals surface area contributed by atoms with E-state index < -0.39 is 11.6 Å². The van der Waals surface area contributed by atoms with Gasteiger partial charge in [-0.15, -0.1) is 22.9 Å². The molecule has 2 aromatic heterocycles. The van der Waals surface area contributed by atoms with Crippen molar-refractivity contribution in [2.75, 3.05) is 0 Å². The van der Waals surface area contributed by atoms with Crippen LogP contribution in [0.3, 0.4) is 0 Å². The van der Waals surface area contributed by atoms with Gasteiger partial charge in [-0.1, -0.05) is 0 Å². The van der Waals surface area contributed by atoms with Crippen LogP contribution in [0.4, 0.5) is 8.78 Å². The molecule has 1 unspecified atom stereocenters. The van der Waals surface area contributed by atoms with Gasteiger partial charge < -0.3 is 4.57 Å². The first kappa shape index (κ1) is 14.5. The number of fused-ring (bicyclic) bond motifs is 1. The summed E-state index contributed by atoms with van der Waals surface area (Å²) in [5.41, 5.74) is 0.591. The van der Waals surface area contributed by atoms with E-state index in [2.05, 4.69) is 4.98 Å². The lowest BCUT2D eigenvalue weighted by Gasteiger charge is -2.09. The van der Waals surface area contributed by atoms with Crippen molar-refractivity contribution in [1.29, 1.82) is 0 Å². The number of thiophene rings is 1. The molecule has 0 saturated carbocycles. The van der Waals surface area contributed by atoms with E-state index >= 15 is 0 Å². The number of halogens is 3. The largest absolute Gasteiger partial charge is 0.319 e. The Morgan fingerprint density at radius 1 is 1.29 bits per heavy atom. The summed E-state index contributed by atoms with van der Waals surface area (Å²) in [6, 6.07) is 6.55. The van der Waals surface area contributed by atoms with Crippen LogP contribution in [0.15, 0.2) is 24.3 Å². The quantitative estimate of drug-likeness (QED) is 0.617. The fourth-order valence-corrected chi connectivity index (χ4v) is 3.41. The molecule has 0 fully saturated rings. The Balaban J connectivity index is 2.22. The minimum absolute atomic E-state index is 0.170. The number of imidazole rings is 1. The molecule has 0 saturated heterocycles. The van der Waals surface area contributed by atoms with Crippen LogP contribution in [0.2, 0.25) is 0 Å². The average molecular weight is 327 g/mol. The van der Waals surface area contributed by atoms with Gasteiger partial charge in [-0.25, -0.2) is 13.8 Å². The molecule has 21 heavy (non-hydrogen) atoms. The van der Waals surface area contributed by atoms with E-state index in [1.165, 1.54) is 10.9 Å². The molecule has 0 spiro atoms. The highest BCUT2D eigenvalue weighted by Crippen LogP contribution is 2.29. The molecule has 3 rings (SSSR count). The van der Waals surface area contributed by atoms with Crippen LogP contribution in [-0.2, 0) is 6.54 Å². The molecule has 1 aromatic carbocycles. The predicted octanol–water partition coefficient (Wildman–Crippen LogP) is 5.03. The van der Waals surface area contributed by atoms with E-state index in [0.717, 1.165) is 10.9 Å². The highest BCUT2D eigenvalue weighted by atomic mass is 35.5. The van der Waals surface area contributed by atoms with E-state index in [-0.39, 0.29) is 10.9 Å². The van der Waals surface area contributed by atoms with Gasteiger partial charge in [0.1, 0.15) is 11.3 Å². The third-order valence-corrected chi connectivity index (χ3v) is 4.48. The second-order valence-corrected chi connectivity index (χ2v) is 6.94. The molecular formula is C15H13ClF2N2S. The maximum atomic E-state index is 14.2. The van der Waals surface area contributed by atoms with Crippen LogP contribution >= 0.6 is 22.9 Å². The summed E-state index contributed by atoms with van der Waals surface area (Å²) in [6.45, 7) is 4.21. The molecule has 0 bridgehead atoms. The van der Waals surface area contributed by atoms with Crippen LogP contribution in [0.1, 0.15) is 27.9 Å². The number of rotatable bonds is 3. The average Bonchev–Trinajstić information content (AvgIpc) is 2.99. The number of hydrogen-bond acceptors (Lipinski definition) is 2. The number of aromatic nitrogens is 2. The van der Waals surface area contributed by atoms with Gasteiger partial charge in [0, 0.05) is 9.75 Å². The number of aryl methyl sites for hydroxylation is 1. The lowest BCUT2D eigenvalue weighted by atomic mass is 10.3. The zero-order valence-electron chi connectivity index (χ0n) is 11.5. The van der Waals surface area contributed by atoms with E-state index in [4.69, 9.17) is 11.6 Å². The first-order valence-electron chi connectivity index (χ1n) is 6.51. The summed E-state index contributed by atoms with van der Waals surface area (Å²) in [5, 5.41) is -0.388. The van der Waals surface area contributed by atoms with Crippen molar-refractivity contribution in [3.05, 3.63) is 51.5 Å². The Morgan fingerprint density at radius 3 is 2.67 bits per heavy atom. The zero-order chi connectivity index (χ0) is 15.1. The van der Waals surface area contributed by atoms with Crippen molar-refractivity contribution >= 4 is 34.0 Å². The van der Waals surface area contributed by atoms with Gasteiger partial charge in [-0.3, -0.25) is 0 Å². The topological polar surface area (TPSA) is 17.8 Å². The highest BCUT2D eigenvalue weighted by molar-refractivity contribution is 7.11. The summed E-state index contributed by atoms with van der Waals surface area (Å²) in [5.74, 6) is -1.21. The van der Waals surface area contributed by atoms with E-state index in [1.807, 2.05) is 19.1 Å². The second-order valence-electron chi connectivity index (χ2n) is 4.91. The third kappa shape index (κ3) is 2.56. The molecule has 6 heteroatoms. The van der Waals surface area contributed by atoms with Gasteiger partial charge in [0.25, 0.3) is 0 Å². The van der Waals surface area contributed by atoms with Crippen molar-refractivity contribution in [1.82, 2.24) is 9.55 Å². The smallest absolute Gasteiger partial charge is 0.184 e. The molecule has 0 aliphatic carbocycles. The maximum Gasteiger partial charge on any atom is 0.184 e. The van der Waals surface area contributed by atoms with Gasteiger partial charge in [0.15, 0.2) is 11.6 Å². The first-order valence-corrected chi connectivity index (χ1v) is 7.76. The third-order valence-electron chi connectivity index (χ3n) is 3.29. The number of benzene rings is 1. The summed E-state index contributed by atoms with van der Waals surface area (Å²) in [6.07, 6.45) is 0. The summed E-state index contributed by atoms with van der Waals surface area (Å²) < 4.78 is 29.4. The minimum Gasteiger partial charge on any atom is -0.319 e. The Morgan fingerprint density at radius 2 is 2.05 bits per heavy atom. The van der Waals surface area contributed by atoms with Crippen LogP contribution in [0, 0.1) is 18.6 Å². The minimum atomic E-state index is -0.878. The molecule has 1 atom stereocenters. The van der Waals surface area contributed by atoms with Crippen molar-refractivity contribution in [2.45, 2.75) is 25.8 Å². The van der Waals surface area contributed by atoms with Crippen molar-refractivity contribution in [2.24, 2.45) is 0 Å². The molecule has 0 N–H and O–H groups in total. The lowest BCUT2D eigenvalue weighted by Crippen LogP contribution is -2.06. The Kier molecular flexibility index (Phi) is 3.71. The lowest BCUT2D eigenvalue weighted by molar-refractivity contribution is 0.512. The molecule has 0 amide bonds. The van der Waals surface area contributed by atoms with Crippen LogP contribution in [0.5, 0.6) is 0 Å². The number of hydrogen-bond donors (Lipinski definition) is 0. The standard InChI is InChI=1S/C15H13ClF2N2S/c1-8-3-4-10(21-8)7-20-14-12(19-15(20)9(2)16)6-5-11(17)13(14)18/h3-6,9H,7H2,1-2H3. The van der Waals surface area contributed by atoms with E-state index in [9.17, 15) is 8.78 Å². The van der Waals surface area contributed by atoms with Gasteiger partial charge in [-0.2, -0.15) is 0 Å². The normalized spacial score (nSPS) is 13.0. The molecular weight excluding hydrogens is 314 g/mol. The van der Waals surface area contributed by atoms with Gasteiger partial charge in [0.2, 0.25) is 0 Å². The van der Waals surface area contributed by atoms with Crippen molar-refractivity contribution in [3.8, 4) is 0 Å². The molecule has 3 aromatic rings. The zero-order valence-corrected chi connectivity index (χ0v) is 13.1. The Labute approximate surface area is 130 Å². The first-order chi connectivity index (χ1) is 9.97. The monoisotopic (exact) mass is 326 g/mol. The predicted molar refractivity (Wildman–Crippen MR) is 82.1 cm³/mol. The Hall–Kier alpha value is -1.46. The Bertz CT molecular complexity index is 807. The van der Waals surface area contributed by atoms with Crippen LogP contribution < -0.4 is 0 Å². The molecule has 110 valence electrons.